The highest BCUT2D eigenvalue weighted by atomic mass is 19.3. The minimum Gasteiger partial charge on any atom is -0.469 e. The van der Waals surface area contributed by atoms with Gasteiger partial charge in [-0.2, -0.15) is 0 Å². The molecule has 4 atom stereocenters. The fourth-order valence-electron chi connectivity index (χ4n) is 5.06. The van der Waals surface area contributed by atoms with Gasteiger partial charge in [0.2, 0.25) is 5.79 Å². The molecule has 1 aliphatic carbocycles. The average Bonchev–Trinajstić information content (AvgIpc) is 3.37. The molecule has 0 amide bonds. The summed E-state index contributed by atoms with van der Waals surface area (Å²) in [6.45, 7) is 2.31. The first-order valence-corrected chi connectivity index (χ1v) is 12.5. The molecular formula is C25H42F2O6. The van der Waals surface area contributed by atoms with Gasteiger partial charge < -0.3 is 24.4 Å². The fraction of sp³-hybridized carbons (Fsp3) is 0.880. The molecule has 2 aliphatic rings. The summed E-state index contributed by atoms with van der Waals surface area (Å²) in [6.07, 6.45) is 8.08. The summed E-state index contributed by atoms with van der Waals surface area (Å²) >= 11 is 0. The third-order valence-electron chi connectivity index (χ3n) is 7.04. The zero-order valence-electron chi connectivity index (χ0n) is 20.1. The first-order valence-electron chi connectivity index (χ1n) is 12.5. The Morgan fingerprint density at radius 2 is 1.79 bits per heavy atom. The van der Waals surface area contributed by atoms with Crippen LogP contribution in [-0.2, 0) is 19.0 Å². The average molecular weight is 477 g/mol. The minimum absolute atomic E-state index is 0.0123. The first-order chi connectivity index (χ1) is 15.8. The number of methoxy groups -OCH3 is 1. The van der Waals surface area contributed by atoms with Crippen molar-refractivity contribution < 1.29 is 38.0 Å². The van der Waals surface area contributed by atoms with Crippen LogP contribution in [0, 0.1) is 11.8 Å². The first kappa shape index (κ1) is 28.1. The summed E-state index contributed by atoms with van der Waals surface area (Å²) in [7, 11) is 1.36. The Balaban J connectivity index is 1.92. The van der Waals surface area contributed by atoms with E-state index in [-0.39, 0.29) is 50.3 Å². The Morgan fingerprint density at radius 1 is 1.09 bits per heavy atom. The summed E-state index contributed by atoms with van der Waals surface area (Å²) in [6, 6.07) is 0. The van der Waals surface area contributed by atoms with E-state index in [2.05, 4.69) is 4.74 Å². The predicted molar refractivity (Wildman–Crippen MR) is 121 cm³/mol. The summed E-state index contributed by atoms with van der Waals surface area (Å²) in [4.78, 5) is 11.2. The van der Waals surface area contributed by atoms with Gasteiger partial charge in [0.05, 0.1) is 32.5 Å². The highest BCUT2D eigenvalue weighted by Gasteiger charge is 2.58. The van der Waals surface area contributed by atoms with E-state index in [9.17, 15) is 15.0 Å². The maximum atomic E-state index is 15.2. The molecule has 1 unspecified atom stereocenters. The monoisotopic (exact) mass is 476 g/mol. The van der Waals surface area contributed by atoms with Crippen LogP contribution in [0.4, 0.5) is 8.78 Å². The van der Waals surface area contributed by atoms with Crippen molar-refractivity contribution in [2.75, 3.05) is 20.3 Å². The lowest BCUT2D eigenvalue weighted by Gasteiger charge is -2.37. The second-order valence-electron chi connectivity index (χ2n) is 9.38. The number of rotatable bonds is 15. The van der Waals surface area contributed by atoms with E-state index in [0.29, 0.717) is 38.5 Å². The molecule has 2 fully saturated rings. The van der Waals surface area contributed by atoms with Crippen LogP contribution in [0.15, 0.2) is 12.2 Å². The molecule has 0 radical (unpaired) electrons. The predicted octanol–water partition coefficient (Wildman–Crippen LogP) is 4.76. The SMILES string of the molecule is CCCCCCC(F)(F)C1(CCC2[C@H](O)C[C@H](O)[C@@H]2CC=CCCCC(=O)OC)OCCO1. The van der Waals surface area contributed by atoms with E-state index in [4.69, 9.17) is 9.47 Å². The molecule has 2 rings (SSSR count). The van der Waals surface area contributed by atoms with Crippen molar-refractivity contribution in [1.29, 1.82) is 0 Å². The molecule has 1 heterocycles. The number of hydrogen-bond acceptors (Lipinski definition) is 6. The van der Waals surface area contributed by atoms with Crippen LogP contribution in [0.25, 0.3) is 0 Å². The molecule has 0 aromatic rings. The van der Waals surface area contributed by atoms with Gasteiger partial charge in [0.1, 0.15) is 0 Å². The smallest absolute Gasteiger partial charge is 0.305 e. The van der Waals surface area contributed by atoms with Crippen LogP contribution in [0.2, 0.25) is 0 Å². The van der Waals surface area contributed by atoms with Crippen molar-refractivity contribution in [2.45, 2.75) is 108 Å². The molecule has 0 aromatic carbocycles. The van der Waals surface area contributed by atoms with Gasteiger partial charge in [-0.25, -0.2) is 8.78 Å². The molecule has 0 bridgehead atoms. The van der Waals surface area contributed by atoms with Crippen LogP contribution in [0.5, 0.6) is 0 Å². The largest absolute Gasteiger partial charge is 0.469 e. The molecule has 0 spiro atoms. The zero-order valence-corrected chi connectivity index (χ0v) is 20.1. The van der Waals surface area contributed by atoms with E-state index >= 15 is 8.78 Å². The molecule has 1 saturated carbocycles. The standard InChI is InChI=1S/C25H42F2O6/c1-3-4-5-10-14-24(26,27)25(32-16-17-33-25)15-13-20-19(21(28)18-22(20)29)11-8-6-7-9-12-23(30)31-2/h6,8,19-22,28-29H,3-5,7,9-18H2,1-2H3/t19-,20?,21+,22-/m1/s1. The maximum Gasteiger partial charge on any atom is 0.305 e. The third kappa shape index (κ3) is 7.98. The lowest BCUT2D eigenvalue weighted by molar-refractivity contribution is -0.297. The van der Waals surface area contributed by atoms with E-state index in [0.717, 1.165) is 19.3 Å². The van der Waals surface area contributed by atoms with Crippen LogP contribution in [0.1, 0.15) is 84.0 Å². The Bertz CT molecular complexity index is 606. The number of alkyl halides is 2. The van der Waals surface area contributed by atoms with Gasteiger partial charge >= 0.3 is 11.9 Å². The number of carbonyl (C=O) groups excluding carboxylic acids is 1. The number of unbranched alkanes of at least 4 members (excludes halogenated alkanes) is 4. The highest BCUT2D eigenvalue weighted by Crippen LogP contribution is 2.46. The minimum atomic E-state index is -3.10. The lowest BCUT2D eigenvalue weighted by atomic mass is 9.84. The molecule has 0 aromatic heterocycles. The number of halogens is 2. The second kappa shape index (κ2) is 13.7. The number of ether oxygens (including phenoxy) is 3. The highest BCUT2D eigenvalue weighted by molar-refractivity contribution is 5.69. The number of aliphatic hydroxyl groups excluding tert-OH is 2. The van der Waals surface area contributed by atoms with Crippen LogP contribution in [-0.4, -0.2) is 60.4 Å². The van der Waals surface area contributed by atoms with Crippen molar-refractivity contribution in [2.24, 2.45) is 11.8 Å². The Labute approximate surface area is 196 Å². The Hall–Kier alpha value is -1.09. The van der Waals surface area contributed by atoms with E-state index in [1.807, 2.05) is 19.1 Å². The van der Waals surface area contributed by atoms with Crippen molar-refractivity contribution in [3.63, 3.8) is 0 Å². The van der Waals surface area contributed by atoms with Crippen molar-refractivity contribution in [1.82, 2.24) is 0 Å². The summed E-state index contributed by atoms with van der Waals surface area (Å²) in [5.74, 6) is -5.81. The van der Waals surface area contributed by atoms with E-state index in [1.165, 1.54) is 7.11 Å². The van der Waals surface area contributed by atoms with E-state index in [1.54, 1.807) is 0 Å². The van der Waals surface area contributed by atoms with Crippen molar-refractivity contribution >= 4 is 5.97 Å². The quantitative estimate of drug-likeness (QED) is 0.201. The van der Waals surface area contributed by atoms with Crippen LogP contribution >= 0.6 is 0 Å². The van der Waals surface area contributed by atoms with Crippen molar-refractivity contribution in [3.05, 3.63) is 12.2 Å². The summed E-state index contributed by atoms with van der Waals surface area (Å²) < 4.78 is 45.9. The number of carbonyl (C=O) groups is 1. The van der Waals surface area contributed by atoms with Gasteiger partial charge in [-0.05, 0) is 50.4 Å². The van der Waals surface area contributed by atoms with Crippen molar-refractivity contribution in [3.8, 4) is 0 Å². The number of aliphatic hydroxyl groups is 2. The summed E-state index contributed by atoms with van der Waals surface area (Å²) in [5, 5.41) is 21.0. The lowest BCUT2D eigenvalue weighted by Crippen LogP contribution is -2.49. The zero-order chi connectivity index (χ0) is 24.3. The maximum absolute atomic E-state index is 15.2. The molecule has 1 saturated heterocycles. The van der Waals surface area contributed by atoms with Gasteiger partial charge in [0.15, 0.2) is 0 Å². The Kier molecular flexibility index (Phi) is 11.7. The summed E-state index contributed by atoms with van der Waals surface area (Å²) in [5.41, 5.74) is 0. The molecule has 8 heteroatoms. The topological polar surface area (TPSA) is 85.2 Å². The van der Waals surface area contributed by atoms with Crippen LogP contribution in [0.3, 0.4) is 0 Å². The number of allylic oxidation sites excluding steroid dienone is 2. The van der Waals surface area contributed by atoms with Crippen LogP contribution < -0.4 is 0 Å². The fourth-order valence-corrected chi connectivity index (χ4v) is 5.06. The van der Waals surface area contributed by atoms with Gasteiger partial charge in [0.25, 0.3) is 0 Å². The molecule has 33 heavy (non-hydrogen) atoms. The molecule has 6 nitrogen and oxygen atoms in total. The molecular weight excluding hydrogens is 434 g/mol. The number of hydrogen-bond donors (Lipinski definition) is 2. The second-order valence-corrected chi connectivity index (χ2v) is 9.38. The number of esters is 1. The van der Waals surface area contributed by atoms with Gasteiger partial charge in [-0.15, -0.1) is 0 Å². The Morgan fingerprint density at radius 3 is 2.45 bits per heavy atom. The normalized spacial score (nSPS) is 27.5. The third-order valence-corrected chi connectivity index (χ3v) is 7.04. The molecule has 1 aliphatic heterocycles. The van der Waals surface area contributed by atoms with E-state index < -0.39 is 23.9 Å². The van der Waals surface area contributed by atoms with Gasteiger partial charge in [0, 0.05) is 19.3 Å². The molecule has 192 valence electrons. The van der Waals surface area contributed by atoms with Gasteiger partial charge in [-0.1, -0.05) is 38.3 Å². The van der Waals surface area contributed by atoms with Gasteiger partial charge in [-0.3, -0.25) is 4.79 Å². The molecule has 2 N–H and O–H groups in total.